The molecule has 2 N–H and O–H groups in total. The number of hydrogen-bond acceptors (Lipinski definition) is 3. The third kappa shape index (κ3) is 3.73. The van der Waals surface area contributed by atoms with Gasteiger partial charge in [0.05, 0.1) is 6.10 Å². The smallest absolute Gasteiger partial charge is 0.317 e. The number of carbonyl (C=O) groups excluding carboxylic acids is 1. The van der Waals surface area contributed by atoms with Gasteiger partial charge in [0, 0.05) is 35.8 Å². The summed E-state index contributed by atoms with van der Waals surface area (Å²) in [6.07, 6.45) is 2.70. The molecule has 4 nitrogen and oxygen atoms in total. The Bertz CT molecular complexity index is 472. The van der Waals surface area contributed by atoms with E-state index in [1.165, 1.54) is 15.3 Å². The van der Waals surface area contributed by atoms with Crippen LogP contribution in [-0.4, -0.2) is 35.7 Å². The fraction of sp³-hybridized carbons (Fsp3) is 0.667. The summed E-state index contributed by atoms with van der Waals surface area (Å²) >= 11 is 1.76. The molecule has 2 atom stereocenters. The summed E-state index contributed by atoms with van der Waals surface area (Å²) in [5, 5.41) is 12.8. The molecule has 5 heteroatoms. The van der Waals surface area contributed by atoms with E-state index in [-0.39, 0.29) is 18.1 Å². The van der Waals surface area contributed by atoms with E-state index in [9.17, 15) is 9.90 Å². The molecule has 0 aromatic carbocycles. The molecule has 0 radical (unpaired) electrons. The Morgan fingerprint density at radius 3 is 2.80 bits per heavy atom. The van der Waals surface area contributed by atoms with Gasteiger partial charge in [-0.1, -0.05) is 6.42 Å². The Kier molecular flexibility index (Phi) is 5.05. The summed E-state index contributed by atoms with van der Waals surface area (Å²) in [6.45, 7) is 5.37. The Morgan fingerprint density at radius 2 is 2.25 bits per heavy atom. The number of carbonyl (C=O) groups is 1. The molecule has 1 aromatic rings. The minimum Gasteiger partial charge on any atom is -0.393 e. The number of amides is 2. The van der Waals surface area contributed by atoms with Crippen LogP contribution in [-0.2, 0) is 6.54 Å². The number of aliphatic hydroxyl groups excluding tert-OH is 1. The zero-order valence-electron chi connectivity index (χ0n) is 12.5. The first-order valence-corrected chi connectivity index (χ1v) is 8.02. The fourth-order valence-corrected chi connectivity index (χ4v) is 3.78. The lowest BCUT2D eigenvalue weighted by molar-refractivity contribution is 0.114. The molecule has 1 saturated carbocycles. The van der Waals surface area contributed by atoms with Crippen LogP contribution in [0.15, 0.2) is 6.07 Å². The summed E-state index contributed by atoms with van der Waals surface area (Å²) in [6, 6.07) is 2.06. The normalized spacial score (nSPS) is 22.0. The van der Waals surface area contributed by atoms with E-state index in [1.54, 1.807) is 23.3 Å². The van der Waals surface area contributed by atoms with Crippen molar-refractivity contribution in [1.29, 1.82) is 0 Å². The fourth-order valence-electron chi connectivity index (χ4n) is 2.83. The lowest BCUT2D eigenvalue weighted by atomic mass is 10.1. The van der Waals surface area contributed by atoms with Crippen molar-refractivity contribution >= 4 is 17.4 Å². The van der Waals surface area contributed by atoms with Crippen LogP contribution < -0.4 is 5.32 Å². The maximum absolute atomic E-state index is 12.1. The molecule has 0 aliphatic heterocycles. The average molecular weight is 296 g/mol. The van der Waals surface area contributed by atoms with Gasteiger partial charge in [0.25, 0.3) is 0 Å². The summed E-state index contributed by atoms with van der Waals surface area (Å²) in [5.74, 6) is 0.232. The molecule has 2 rings (SSSR count). The van der Waals surface area contributed by atoms with Crippen molar-refractivity contribution in [3.63, 3.8) is 0 Å². The minimum absolute atomic E-state index is 0.0626. The SMILES string of the molecule is Cc1cc(CNC(=O)N(C)C[C@H]2CCC[C@H]2O)c(C)s1. The maximum atomic E-state index is 12.1. The predicted molar refractivity (Wildman–Crippen MR) is 82.0 cm³/mol. The van der Waals surface area contributed by atoms with Gasteiger partial charge in [0.1, 0.15) is 0 Å². The first-order valence-electron chi connectivity index (χ1n) is 7.20. The summed E-state index contributed by atoms with van der Waals surface area (Å²) in [7, 11) is 1.80. The number of nitrogens with zero attached hydrogens (tertiary/aromatic N) is 1. The number of aryl methyl sites for hydroxylation is 2. The van der Waals surface area contributed by atoms with Gasteiger partial charge in [-0.2, -0.15) is 0 Å². The Hall–Kier alpha value is -1.07. The molecule has 0 unspecified atom stereocenters. The number of rotatable bonds is 4. The third-order valence-corrected chi connectivity index (χ3v) is 5.06. The van der Waals surface area contributed by atoms with Gasteiger partial charge < -0.3 is 15.3 Å². The molecular formula is C15H24N2O2S. The molecule has 1 heterocycles. The van der Waals surface area contributed by atoms with E-state index in [1.807, 2.05) is 0 Å². The lowest BCUT2D eigenvalue weighted by Crippen LogP contribution is -2.40. The number of thiophene rings is 1. The quantitative estimate of drug-likeness (QED) is 0.897. The van der Waals surface area contributed by atoms with Crippen molar-refractivity contribution in [1.82, 2.24) is 10.2 Å². The van der Waals surface area contributed by atoms with E-state index in [0.29, 0.717) is 13.1 Å². The highest BCUT2D eigenvalue weighted by molar-refractivity contribution is 7.12. The van der Waals surface area contributed by atoms with Crippen LogP contribution >= 0.6 is 11.3 Å². The average Bonchev–Trinajstić information content (AvgIpc) is 2.93. The monoisotopic (exact) mass is 296 g/mol. The standard InChI is InChI=1S/C15H24N2O2S/c1-10-7-13(11(2)20-10)8-16-15(19)17(3)9-12-5-4-6-14(12)18/h7,12,14,18H,4-6,8-9H2,1-3H3,(H,16,19)/t12-,14-/m1/s1. The molecule has 1 fully saturated rings. The number of nitrogens with one attached hydrogen (secondary N) is 1. The lowest BCUT2D eigenvalue weighted by Gasteiger charge is -2.23. The van der Waals surface area contributed by atoms with Crippen molar-refractivity contribution < 1.29 is 9.90 Å². The molecule has 2 amide bonds. The van der Waals surface area contributed by atoms with Gasteiger partial charge in [-0.25, -0.2) is 4.79 Å². The molecule has 0 bridgehead atoms. The third-order valence-electron chi connectivity index (χ3n) is 4.05. The van der Waals surface area contributed by atoms with Crippen molar-refractivity contribution in [3.8, 4) is 0 Å². The minimum atomic E-state index is -0.244. The highest BCUT2D eigenvalue weighted by Gasteiger charge is 2.27. The second-order valence-corrected chi connectivity index (χ2v) is 7.20. The van der Waals surface area contributed by atoms with Gasteiger partial charge in [-0.05, 0) is 38.3 Å². The van der Waals surface area contributed by atoms with Gasteiger partial charge in [-0.3, -0.25) is 0 Å². The summed E-state index contributed by atoms with van der Waals surface area (Å²) in [5.41, 5.74) is 1.19. The zero-order valence-corrected chi connectivity index (χ0v) is 13.3. The van der Waals surface area contributed by atoms with E-state index in [0.717, 1.165) is 19.3 Å². The second-order valence-electron chi connectivity index (χ2n) is 5.74. The van der Waals surface area contributed by atoms with Crippen molar-refractivity contribution in [3.05, 3.63) is 21.4 Å². The van der Waals surface area contributed by atoms with Crippen LogP contribution in [0.5, 0.6) is 0 Å². The largest absolute Gasteiger partial charge is 0.393 e. The molecular weight excluding hydrogens is 272 g/mol. The first kappa shape index (κ1) is 15.3. The van der Waals surface area contributed by atoms with Crippen LogP contribution in [0.25, 0.3) is 0 Å². The molecule has 1 aromatic heterocycles. The first-order chi connectivity index (χ1) is 9.47. The molecule has 0 saturated heterocycles. The Balaban J connectivity index is 1.80. The van der Waals surface area contributed by atoms with Gasteiger partial charge in [0.15, 0.2) is 0 Å². The van der Waals surface area contributed by atoms with Crippen LogP contribution in [0, 0.1) is 19.8 Å². The molecule has 0 spiro atoms. The maximum Gasteiger partial charge on any atom is 0.317 e. The predicted octanol–water partition coefficient (Wildman–Crippen LogP) is 2.67. The number of urea groups is 1. The number of aliphatic hydroxyl groups is 1. The Labute approximate surface area is 124 Å². The highest BCUT2D eigenvalue weighted by Crippen LogP contribution is 2.26. The molecule has 1 aliphatic rings. The van der Waals surface area contributed by atoms with Crippen LogP contribution in [0.4, 0.5) is 4.79 Å². The van der Waals surface area contributed by atoms with E-state index >= 15 is 0 Å². The van der Waals surface area contributed by atoms with Gasteiger partial charge in [-0.15, -0.1) is 11.3 Å². The second kappa shape index (κ2) is 6.59. The molecule has 1 aliphatic carbocycles. The van der Waals surface area contributed by atoms with Crippen molar-refractivity contribution in [2.24, 2.45) is 5.92 Å². The Morgan fingerprint density at radius 1 is 1.50 bits per heavy atom. The summed E-state index contributed by atoms with van der Waals surface area (Å²) < 4.78 is 0. The van der Waals surface area contributed by atoms with Crippen molar-refractivity contribution in [2.45, 2.75) is 45.8 Å². The van der Waals surface area contributed by atoms with Crippen LogP contribution in [0.3, 0.4) is 0 Å². The molecule has 20 heavy (non-hydrogen) atoms. The molecule has 112 valence electrons. The van der Waals surface area contributed by atoms with Gasteiger partial charge >= 0.3 is 6.03 Å². The topological polar surface area (TPSA) is 52.6 Å². The zero-order chi connectivity index (χ0) is 14.7. The van der Waals surface area contributed by atoms with E-state index in [2.05, 4.69) is 25.2 Å². The van der Waals surface area contributed by atoms with Crippen LogP contribution in [0.1, 0.15) is 34.6 Å². The van der Waals surface area contributed by atoms with Crippen molar-refractivity contribution in [2.75, 3.05) is 13.6 Å². The summed E-state index contributed by atoms with van der Waals surface area (Å²) in [4.78, 5) is 16.3. The van der Waals surface area contributed by atoms with E-state index < -0.39 is 0 Å². The van der Waals surface area contributed by atoms with E-state index in [4.69, 9.17) is 0 Å². The number of hydrogen-bond donors (Lipinski definition) is 2. The van der Waals surface area contributed by atoms with Gasteiger partial charge in [0.2, 0.25) is 0 Å². The highest BCUT2D eigenvalue weighted by atomic mass is 32.1. The van der Waals surface area contributed by atoms with Crippen LogP contribution in [0.2, 0.25) is 0 Å².